The normalized spacial score (nSPS) is 10.1. The molecule has 0 aliphatic heterocycles. The lowest BCUT2D eigenvalue weighted by atomic mass is 10.1. The van der Waals surface area contributed by atoms with Gasteiger partial charge in [-0.3, -0.25) is 0 Å². The van der Waals surface area contributed by atoms with Crippen molar-refractivity contribution in [2.24, 2.45) is 0 Å². The van der Waals surface area contributed by atoms with E-state index in [4.69, 9.17) is 4.74 Å². The van der Waals surface area contributed by atoms with Crippen LogP contribution in [0.2, 0.25) is 0 Å². The molecular formula is C10H11BrO3. The molecule has 76 valence electrons. The molecule has 4 heteroatoms. The van der Waals surface area contributed by atoms with Crippen LogP contribution in [0.3, 0.4) is 0 Å². The van der Waals surface area contributed by atoms with Crippen molar-refractivity contribution in [1.82, 2.24) is 0 Å². The van der Waals surface area contributed by atoms with Gasteiger partial charge in [-0.05, 0) is 17.7 Å². The van der Waals surface area contributed by atoms with Gasteiger partial charge in [0.2, 0.25) is 0 Å². The fourth-order valence-electron chi connectivity index (χ4n) is 1.17. The van der Waals surface area contributed by atoms with Gasteiger partial charge in [-0.2, -0.15) is 0 Å². The third-order valence-corrected chi connectivity index (χ3v) is 2.59. The number of carbonyl (C=O) groups excluding carboxylic acids is 1. The third kappa shape index (κ3) is 2.56. The SMILES string of the molecule is COCc1cc(O)c(CC=O)cc1Br. The van der Waals surface area contributed by atoms with E-state index in [-0.39, 0.29) is 12.2 Å². The highest BCUT2D eigenvalue weighted by atomic mass is 79.9. The minimum atomic E-state index is 0.132. The molecule has 14 heavy (non-hydrogen) atoms. The third-order valence-electron chi connectivity index (χ3n) is 1.85. The van der Waals surface area contributed by atoms with Gasteiger partial charge < -0.3 is 14.6 Å². The number of rotatable bonds is 4. The summed E-state index contributed by atoms with van der Waals surface area (Å²) in [5.74, 6) is 0.132. The van der Waals surface area contributed by atoms with Crippen molar-refractivity contribution in [3.63, 3.8) is 0 Å². The van der Waals surface area contributed by atoms with Crippen molar-refractivity contribution in [3.8, 4) is 5.75 Å². The van der Waals surface area contributed by atoms with Crippen LogP contribution in [0.4, 0.5) is 0 Å². The molecule has 0 radical (unpaired) electrons. The van der Waals surface area contributed by atoms with Crippen molar-refractivity contribution < 1.29 is 14.6 Å². The highest BCUT2D eigenvalue weighted by Gasteiger charge is 2.06. The van der Waals surface area contributed by atoms with Gasteiger partial charge in [0, 0.05) is 23.6 Å². The van der Waals surface area contributed by atoms with Crippen molar-refractivity contribution in [2.75, 3.05) is 7.11 Å². The van der Waals surface area contributed by atoms with Gasteiger partial charge in [-0.1, -0.05) is 15.9 Å². The van der Waals surface area contributed by atoms with Crippen LogP contribution in [-0.4, -0.2) is 18.5 Å². The molecule has 1 aromatic carbocycles. The van der Waals surface area contributed by atoms with E-state index in [1.165, 1.54) is 0 Å². The molecule has 0 unspecified atom stereocenters. The van der Waals surface area contributed by atoms with Crippen LogP contribution in [0.25, 0.3) is 0 Å². The fourth-order valence-corrected chi connectivity index (χ4v) is 1.67. The summed E-state index contributed by atoms with van der Waals surface area (Å²) in [4.78, 5) is 10.3. The van der Waals surface area contributed by atoms with Gasteiger partial charge in [0.05, 0.1) is 6.61 Å². The molecule has 1 aromatic rings. The minimum absolute atomic E-state index is 0.132. The van der Waals surface area contributed by atoms with E-state index in [0.29, 0.717) is 12.2 Å². The number of phenolic OH excluding ortho intramolecular Hbond substituents is 1. The average molecular weight is 259 g/mol. The first-order valence-corrected chi connectivity index (χ1v) is 4.91. The summed E-state index contributed by atoms with van der Waals surface area (Å²) >= 11 is 3.35. The van der Waals surface area contributed by atoms with Crippen LogP contribution in [0.15, 0.2) is 16.6 Å². The van der Waals surface area contributed by atoms with Gasteiger partial charge >= 0.3 is 0 Å². The van der Waals surface area contributed by atoms with Crippen LogP contribution in [-0.2, 0) is 22.6 Å². The van der Waals surface area contributed by atoms with Gasteiger partial charge in [-0.15, -0.1) is 0 Å². The number of ether oxygens (including phenoxy) is 1. The molecule has 0 bridgehead atoms. The Morgan fingerprint density at radius 3 is 2.79 bits per heavy atom. The lowest BCUT2D eigenvalue weighted by Gasteiger charge is -2.07. The topological polar surface area (TPSA) is 46.5 Å². The number of methoxy groups -OCH3 is 1. The number of phenols is 1. The lowest BCUT2D eigenvalue weighted by Crippen LogP contribution is -1.93. The van der Waals surface area contributed by atoms with Crippen molar-refractivity contribution in [2.45, 2.75) is 13.0 Å². The molecule has 0 aliphatic carbocycles. The summed E-state index contributed by atoms with van der Waals surface area (Å²) in [6, 6.07) is 3.34. The molecule has 0 saturated heterocycles. The van der Waals surface area contributed by atoms with E-state index in [1.54, 1.807) is 19.2 Å². The van der Waals surface area contributed by atoms with Gasteiger partial charge in [0.15, 0.2) is 0 Å². The van der Waals surface area contributed by atoms with Crippen molar-refractivity contribution in [3.05, 3.63) is 27.7 Å². The molecule has 3 nitrogen and oxygen atoms in total. The van der Waals surface area contributed by atoms with Crippen LogP contribution >= 0.6 is 15.9 Å². The Kier molecular flexibility index (Phi) is 4.10. The Morgan fingerprint density at radius 2 is 2.21 bits per heavy atom. The summed E-state index contributed by atoms with van der Waals surface area (Å²) in [5, 5.41) is 9.54. The second-order valence-electron chi connectivity index (χ2n) is 2.88. The number of hydrogen-bond acceptors (Lipinski definition) is 3. The predicted octanol–water partition coefficient (Wildman–Crippen LogP) is 2.04. The molecule has 0 amide bonds. The maximum Gasteiger partial charge on any atom is 0.124 e. The molecule has 1 rings (SSSR count). The Morgan fingerprint density at radius 1 is 1.50 bits per heavy atom. The molecule has 0 saturated carbocycles. The molecule has 0 spiro atoms. The van der Waals surface area contributed by atoms with Crippen LogP contribution in [0.5, 0.6) is 5.75 Å². The van der Waals surface area contributed by atoms with E-state index in [9.17, 15) is 9.90 Å². The molecule has 1 N–H and O–H groups in total. The number of benzene rings is 1. The summed E-state index contributed by atoms with van der Waals surface area (Å²) < 4.78 is 5.79. The maximum absolute atomic E-state index is 10.3. The standard InChI is InChI=1S/C10H11BrO3/c1-14-6-8-5-10(13)7(2-3-12)4-9(8)11/h3-5,13H,2,6H2,1H3. The Hall–Kier alpha value is -0.870. The van der Waals surface area contributed by atoms with Crippen LogP contribution in [0.1, 0.15) is 11.1 Å². The van der Waals surface area contributed by atoms with Crippen LogP contribution in [0, 0.1) is 0 Å². The summed E-state index contributed by atoms with van der Waals surface area (Å²) in [6.45, 7) is 0.426. The van der Waals surface area contributed by atoms with E-state index in [2.05, 4.69) is 15.9 Å². The first-order chi connectivity index (χ1) is 6.69. The second-order valence-corrected chi connectivity index (χ2v) is 3.73. The number of aldehydes is 1. The molecular weight excluding hydrogens is 248 g/mol. The highest BCUT2D eigenvalue weighted by Crippen LogP contribution is 2.27. The zero-order valence-electron chi connectivity index (χ0n) is 7.79. The largest absolute Gasteiger partial charge is 0.508 e. The number of aromatic hydroxyl groups is 1. The quantitative estimate of drug-likeness (QED) is 0.841. The zero-order valence-corrected chi connectivity index (χ0v) is 9.37. The fraction of sp³-hybridized carbons (Fsp3) is 0.300. The highest BCUT2D eigenvalue weighted by molar-refractivity contribution is 9.10. The predicted molar refractivity (Wildman–Crippen MR) is 56.3 cm³/mol. The van der Waals surface area contributed by atoms with Crippen LogP contribution < -0.4 is 0 Å². The lowest BCUT2D eigenvalue weighted by molar-refractivity contribution is -0.107. The van der Waals surface area contributed by atoms with Crippen molar-refractivity contribution >= 4 is 22.2 Å². The van der Waals surface area contributed by atoms with E-state index >= 15 is 0 Å². The maximum atomic E-state index is 10.3. The number of carbonyl (C=O) groups is 1. The molecule has 0 fully saturated rings. The van der Waals surface area contributed by atoms with Gasteiger partial charge in [0.1, 0.15) is 12.0 Å². The average Bonchev–Trinajstić information content (AvgIpc) is 2.14. The van der Waals surface area contributed by atoms with Gasteiger partial charge in [-0.25, -0.2) is 0 Å². The Balaban J connectivity index is 3.03. The van der Waals surface area contributed by atoms with E-state index in [1.807, 2.05) is 0 Å². The Labute approximate surface area is 90.8 Å². The number of halogens is 1. The molecule has 0 aromatic heterocycles. The first kappa shape index (κ1) is 11.2. The second kappa shape index (κ2) is 5.12. The molecule has 0 aliphatic rings. The molecule has 0 heterocycles. The van der Waals surface area contributed by atoms with Gasteiger partial charge in [0.25, 0.3) is 0 Å². The minimum Gasteiger partial charge on any atom is -0.508 e. The Bertz CT molecular complexity index is 336. The number of hydrogen-bond donors (Lipinski definition) is 1. The molecule has 0 atom stereocenters. The summed E-state index contributed by atoms with van der Waals surface area (Å²) in [6.07, 6.45) is 0.981. The van der Waals surface area contributed by atoms with E-state index < -0.39 is 0 Å². The van der Waals surface area contributed by atoms with Crippen molar-refractivity contribution in [1.29, 1.82) is 0 Å². The zero-order chi connectivity index (χ0) is 10.6. The van der Waals surface area contributed by atoms with E-state index in [0.717, 1.165) is 16.3 Å². The smallest absolute Gasteiger partial charge is 0.124 e. The first-order valence-electron chi connectivity index (χ1n) is 4.12. The summed E-state index contributed by atoms with van der Waals surface area (Å²) in [7, 11) is 1.59. The monoisotopic (exact) mass is 258 g/mol. The summed E-state index contributed by atoms with van der Waals surface area (Å²) in [5.41, 5.74) is 1.48.